The van der Waals surface area contributed by atoms with Crippen molar-refractivity contribution in [3.63, 3.8) is 0 Å². The Morgan fingerprint density at radius 1 is 1.15 bits per heavy atom. The lowest BCUT2D eigenvalue weighted by Gasteiger charge is -2.40. The Hall–Kier alpha value is -0.520. The number of hydrogen-bond donors (Lipinski definition) is 1. The minimum atomic E-state index is 0.187. The molecule has 2 aliphatic heterocycles. The van der Waals surface area contributed by atoms with Crippen LogP contribution in [0.1, 0.15) is 41.8 Å². The summed E-state index contributed by atoms with van der Waals surface area (Å²) in [5.41, 5.74) is 0. The lowest BCUT2D eigenvalue weighted by Crippen LogP contribution is -2.48. The highest BCUT2D eigenvalue weighted by molar-refractivity contribution is 7.80. The number of thiophene rings is 1. The van der Waals surface area contributed by atoms with Crippen LogP contribution in [-0.4, -0.2) is 47.9 Å². The molecule has 1 amide bonds. The van der Waals surface area contributed by atoms with Gasteiger partial charge in [-0.1, -0.05) is 6.42 Å². The summed E-state index contributed by atoms with van der Waals surface area (Å²) in [5.74, 6) is 0.187. The van der Waals surface area contributed by atoms with E-state index in [0.717, 1.165) is 35.7 Å². The van der Waals surface area contributed by atoms with Gasteiger partial charge in [-0.3, -0.25) is 4.79 Å². The maximum atomic E-state index is 12.4. The van der Waals surface area contributed by atoms with E-state index < -0.39 is 0 Å². The molecule has 3 nitrogen and oxygen atoms in total. The van der Waals surface area contributed by atoms with Gasteiger partial charge in [-0.05, 0) is 44.8 Å². The second-order valence-electron chi connectivity index (χ2n) is 5.79. The first-order valence-corrected chi connectivity index (χ1v) is 8.87. The molecule has 0 radical (unpaired) electrons. The molecule has 3 heterocycles. The molecule has 5 heteroatoms. The summed E-state index contributed by atoms with van der Waals surface area (Å²) >= 11 is 5.78. The highest BCUT2D eigenvalue weighted by Crippen LogP contribution is 2.24. The number of carbonyl (C=O) groups is 1. The number of hydrogen-bond acceptors (Lipinski definition) is 4. The van der Waals surface area contributed by atoms with Crippen LogP contribution in [0.5, 0.6) is 0 Å². The van der Waals surface area contributed by atoms with Crippen LogP contribution < -0.4 is 0 Å². The first-order valence-electron chi connectivity index (χ1n) is 7.55. The standard InChI is InChI=1S/C15H22N2OS2/c18-15(14-10-13(19)11-20-14)17-8-4-12(5-9-17)16-6-2-1-3-7-16/h10-12,19H,1-9H2. The maximum Gasteiger partial charge on any atom is 0.263 e. The number of piperidine rings is 2. The number of carbonyl (C=O) groups excluding carboxylic acids is 1. The van der Waals surface area contributed by atoms with Gasteiger partial charge in [-0.15, -0.1) is 24.0 Å². The summed E-state index contributed by atoms with van der Waals surface area (Å²) in [4.78, 5) is 18.8. The zero-order valence-electron chi connectivity index (χ0n) is 11.8. The van der Waals surface area contributed by atoms with E-state index in [0.29, 0.717) is 6.04 Å². The molecule has 0 bridgehead atoms. The van der Waals surface area contributed by atoms with Crippen molar-refractivity contribution in [3.05, 3.63) is 16.3 Å². The third-order valence-corrected chi connectivity index (χ3v) is 5.81. The van der Waals surface area contributed by atoms with Crippen LogP contribution in [0.3, 0.4) is 0 Å². The van der Waals surface area contributed by atoms with Gasteiger partial charge in [0.05, 0.1) is 4.88 Å². The molecule has 0 atom stereocenters. The Bertz CT molecular complexity index is 460. The summed E-state index contributed by atoms with van der Waals surface area (Å²) in [6.45, 7) is 4.32. The number of thiol groups is 1. The predicted octanol–water partition coefficient (Wildman–Crippen LogP) is 3.13. The van der Waals surface area contributed by atoms with Gasteiger partial charge in [0.1, 0.15) is 0 Å². The SMILES string of the molecule is O=C(c1cc(S)cs1)N1CCC(N2CCCCC2)CC1. The average Bonchev–Trinajstić information content (AvgIpc) is 2.94. The molecule has 2 fully saturated rings. The lowest BCUT2D eigenvalue weighted by molar-refractivity contribution is 0.0594. The monoisotopic (exact) mass is 310 g/mol. The first kappa shape index (κ1) is 14.4. The number of rotatable bonds is 2. The topological polar surface area (TPSA) is 23.6 Å². The highest BCUT2D eigenvalue weighted by atomic mass is 32.1. The fraction of sp³-hybridized carbons (Fsp3) is 0.667. The van der Waals surface area contributed by atoms with E-state index in [1.807, 2.05) is 16.3 Å². The van der Waals surface area contributed by atoms with Crippen molar-refractivity contribution in [3.8, 4) is 0 Å². The Labute approximate surface area is 130 Å². The van der Waals surface area contributed by atoms with Gasteiger partial charge in [0.25, 0.3) is 5.91 Å². The van der Waals surface area contributed by atoms with Gasteiger partial charge < -0.3 is 9.80 Å². The largest absolute Gasteiger partial charge is 0.338 e. The third kappa shape index (κ3) is 3.21. The molecule has 2 aliphatic rings. The molecule has 3 rings (SSSR count). The summed E-state index contributed by atoms with van der Waals surface area (Å²) < 4.78 is 0. The maximum absolute atomic E-state index is 12.4. The minimum Gasteiger partial charge on any atom is -0.338 e. The molecule has 0 unspecified atom stereocenters. The van der Waals surface area contributed by atoms with E-state index >= 15 is 0 Å². The highest BCUT2D eigenvalue weighted by Gasteiger charge is 2.28. The van der Waals surface area contributed by atoms with E-state index in [4.69, 9.17) is 0 Å². The molecule has 1 aromatic rings. The van der Waals surface area contributed by atoms with Gasteiger partial charge >= 0.3 is 0 Å². The summed E-state index contributed by atoms with van der Waals surface area (Å²) in [5, 5.41) is 1.93. The number of amides is 1. The molecule has 110 valence electrons. The fourth-order valence-corrected chi connectivity index (χ4v) is 4.43. The first-order chi connectivity index (χ1) is 9.74. The third-order valence-electron chi connectivity index (χ3n) is 4.46. The molecule has 1 aromatic heterocycles. The van der Waals surface area contributed by atoms with E-state index in [9.17, 15) is 4.79 Å². The molecule has 0 aromatic carbocycles. The summed E-state index contributed by atoms with van der Waals surface area (Å²) in [6.07, 6.45) is 6.34. The summed E-state index contributed by atoms with van der Waals surface area (Å²) in [7, 11) is 0. The van der Waals surface area contributed by atoms with Crippen molar-refractivity contribution in [2.45, 2.75) is 43.0 Å². The van der Waals surface area contributed by atoms with Gasteiger partial charge in [0, 0.05) is 29.4 Å². The number of likely N-dealkylation sites (tertiary alicyclic amines) is 2. The molecule has 0 aliphatic carbocycles. The molecular weight excluding hydrogens is 288 g/mol. The van der Waals surface area contributed by atoms with Crippen molar-refractivity contribution in [1.82, 2.24) is 9.80 Å². The van der Waals surface area contributed by atoms with Crippen molar-refractivity contribution in [2.75, 3.05) is 26.2 Å². The van der Waals surface area contributed by atoms with Crippen molar-refractivity contribution in [2.24, 2.45) is 0 Å². The van der Waals surface area contributed by atoms with Crippen LogP contribution in [0.2, 0.25) is 0 Å². The van der Waals surface area contributed by atoms with E-state index in [1.54, 1.807) is 0 Å². The molecule has 0 spiro atoms. The smallest absolute Gasteiger partial charge is 0.263 e. The fourth-order valence-electron chi connectivity index (χ4n) is 3.31. The Kier molecular flexibility index (Phi) is 4.68. The zero-order chi connectivity index (χ0) is 13.9. The Morgan fingerprint density at radius 3 is 2.45 bits per heavy atom. The van der Waals surface area contributed by atoms with E-state index in [1.165, 1.54) is 43.7 Å². The lowest BCUT2D eigenvalue weighted by atomic mass is 10.00. The second-order valence-corrected chi connectivity index (χ2v) is 7.22. The van der Waals surface area contributed by atoms with Crippen LogP contribution in [0.15, 0.2) is 16.3 Å². The zero-order valence-corrected chi connectivity index (χ0v) is 13.5. The van der Waals surface area contributed by atoms with Crippen molar-refractivity contribution < 1.29 is 4.79 Å². The van der Waals surface area contributed by atoms with Crippen molar-refractivity contribution in [1.29, 1.82) is 0 Å². The van der Waals surface area contributed by atoms with Crippen molar-refractivity contribution >= 4 is 29.9 Å². The quantitative estimate of drug-likeness (QED) is 0.849. The van der Waals surface area contributed by atoms with Gasteiger partial charge in [-0.2, -0.15) is 0 Å². The molecule has 0 saturated carbocycles. The van der Waals surface area contributed by atoms with Crippen LogP contribution in [-0.2, 0) is 0 Å². The van der Waals surface area contributed by atoms with Crippen LogP contribution >= 0.6 is 24.0 Å². The van der Waals surface area contributed by atoms with E-state index in [-0.39, 0.29) is 5.91 Å². The minimum absolute atomic E-state index is 0.187. The molecule has 2 saturated heterocycles. The molecular formula is C15H22N2OS2. The van der Waals surface area contributed by atoms with Crippen LogP contribution in [0.25, 0.3) is 0 Å². The van der Waals surface area contributed by atoms with E-state index in [2.05, 4.69) is 17.5 Å². The van der Waals surface area contributed by atoms with Gasteiger partial charge in [0.2, 0.25) is 0 Å². The Balaban J connectivity index is 1.54. The average molecular weight is 310 g/mol. The molecule has 0 N–H and O–H groups in total. The molecule has 20 heavy (non-hydrogen) atoms. The summed E-state index contributed by atoms with van der Waals surface area (Å²) in [6, 6.07) is 2.58. The number of nitrogens with zero attached hydrogens (tertiary/aromatic N) is 2. The van der Waals surface area contributed by atoms with Crippen LogP contribution in [0.4, 0.5) is 0 Å². The van der Waals surface area contributed by atoms with Gasteiger partial charge in [-0.25, -0.2) is 0 Å². The Morgan fingerprint density at radius 2 is 1.85 bits per heavy atom. The normalized spacial score (nSPS) is 22.1. The van der Waals surface area contributed by atoms with Crippen LogP contribution in [0, 0.1) is 0 Å². The predicted molar refractivity (Wildman–Crippen MR) is 85.9 cm³/mol. The second kappa shape index (κ2) is 6.50. The van der Waals surface area contributed by atoms with Gasteiger partial charge in [0.15, 0.2) is 0 Å².